The van der Waals surface area contributed by atoms with Crippen molar-refractivity contribution < 1.29 is 13.9 Å². The maximum atomic E-state index is 14.6. The van der Waals surface area contributed by atoms with Gasteiger partial charge in [0.1, 0.15) is 5.82 Å². The number of nitrogens with zero attached hydrogens (tertiary/aromatic N) is 5. The summed E-state index contributed by atoms with van der Waals surface area (Å²) in [7, 11) is 3.79. The van der Waals surface area contributed by atoms with Crippen molar-refractivity contribution in [2.75, 3.05) is 46.4 Å². The molecule has 3 heterocycles. The summed E-state index contributed by atoms with van der Waals surface area (Å²) in [6.45, 7) is 16.7. The number of ether oxygens (including phenoxy) is 1. The van der Waals surface area contributed by atoms with Crippen molar-refractivity contribution in [3.63, 3.8) is 0 Å². The summed E-state index contributed by atoms with van der Waals surface area (Å²) in [5.41, 5.74) is 4.41. The third-order valence-corrected chi connectivity index (χ3v) is 10.1. The first-order valence-corrected chi connectivity index (χ1v) is 16.7. The van der Waals surface area contributed by atoms with Crippen LogP contribution in [0.2, 0.25) is 0 Å². The number of fused-ring (bicyclic) bond motifs is 1. The Hall–Kier alpha value is -2.81. The van der Waals surface area contributed by atoms with Crippen LogP contribution in [0.4, 0.5) is 4.39 Å². The zero-order chi connectivity index (χ0) is 31.5. The number of hydrogen-bond donors (Lipinski definition) is 0. The molecule has 0 saturated carbocycles. The minimum Gasteiger partial charge on any atom is -0.381 e. The number of halogens is 1. The first kappa shape index (κ1) is 32.6. The summed E-state index contributed by atoms with van der Waals surface area (Å²) in [5.74, 6) is 0.465. The van der Waals surface area contributed by atoms with Crippen LogP contribution in [-0.2, 0) is 11.8 Å². The Morgan fingerprint density at radius 2 is 1.82 bits per heavy atom. The van der Waals surface area contributed by atoms with Gasteiger partial charge in [-0.05, 0) is 99.9 Å². The zero-order valence-corrected chi connectivity index (χ0v) is 27.9. The molecule has 2 aliphatic heterocycles. The molecule has 7 nitrogen and oxygen atoms in total. The Labute approximate surface area is 263 Å². The van der Waals surface area contributed by atoms with Crippen LogP contribution >= 0.6 is 0 Å². The van der Waals surface area contributed by atoms with Gasteiger partial charge in [-0.25, -0.2) is 4.39 Å². The highest BCUT2D eigenvalue weighted by Crippen LogP contribution is 2.39. The second-order valence-electron chi connectivity index (χ2n) is 13.5. The smallest absolute Gasteiger partial charge is 0.254 e. The van der Waals surface area contributed by atoms with Gasteiger partial charge >= 0.3 is 0 Å². The number of piperidine rings is 1. The molecule has 8 heteroatoms. The van der Waals surface area contributed by atoms with Gasteiger partial charge in [-0.2, -0.15) is 5.10 Å². The van der Waals surface area contributed by atoms with Crippen LogP contribution in [-0.4, -0.2) is 95.0 Å². The van der Waals surface area contributed by atoms with Crippen LogP contribution in [0, 0.1) is 11.7 Å². The molecule has 2 aliphatic rings. The topological polar surface area (TPSA) is 53.8 Å². The lowest BCUT2D eigenvalue weighted by atomic mass is 9.84. The Bertz CT molecular complexity index is 1420. The van der Waals surface area contributed by atoms with Crippen molar-refractivity contribution in [1.82, 2.24) is 24.5 Å². The lowest BCUT2D eigenvalue weighted by molar-refractivity contribution is 0.0356. The summed E-state index contributed by atoms with van der Waals surface area (Å²) in [5, 5.41) is 5.55. The van der Waals surface area contributed by atoms with Crippen molar-refractivity contribution in [3.8, 4) is 11.1 Å². The fraction of sp³-hybridized carbons (Fsp3) is 0.611. The van der Waals surface area contributed by atoms with E-state index in [0.29, 0.717) is 36.1 Å². The van der Waals surface area contributed by atoms with E-state index in [1.165, 1.54) is 37.1 Å². The lowest BCUT2D eigenvalue weighted by Crippen LogP contribution is -2.52. The third-order valence-electron chi connectivity index (χ3n) is 10.1. The second-order valence-corrected chi connectivity index (χ2v) is 13.5. The van der Waals surface area contributed by atoms with Crippen LogP contribution in [0.1, 0.15) is 82.1 Å². The molecule has 2 fully saturated rings. The van der Waals surface area contributed by atoms with Gasteiger partial charge in [-0.15, -0.1) is 0 Å². The fourth-order valence-electron chi connectivity index (χ4n) is 7.38. The van der Waals surface area contributed by atoms with E-state index in [1.54, 1.807) is 11.0 Å². The van der Waals surface area contributed by atoms with E-state index in [4.69, 9.17) is 4.74 Å². The van der Waals surface area contributed by atoms with Gasteiger partial charge in [-0.3, -0.25) is 14.4 Å². The normalized spacial score (nSPS) is 18.0. The second kappa shape index (κ2) is 14.1. The quantitative estimate of drug-likeness (QED) is 0.234. The molecule has 1 amide bonds. The van der Waals surface area contributed by atoms with Gasteiger partial charge < -0.3 is 14.5 Å². The molecular weight excluding hydrogens is 553 g/mol. The molecule has 2 aromatic carbocycles. The van der Waals surface area contributed by atoms with Crippen LogP contribution < -0.4 is 0 Å². The monoisotopic (exact) mass is 605 g/mol. The minimum atomic E-state index is -0.399. The SMILES string of the molecule is CCN(C(=O)c1cc(F)ccc1-c1cc(C2CN([C@H](CCCN3CCC(OC)CC3)C(C)C)C2)cc2c1cnn2C)C(C)C. The van der Waals surface area contributed by atoms with E-state index < -0.39 is 5.82 Å². The van der Waals surface area contributed by atoms with Crippen molar-refractivity contribution in [2.45, 2.75) is 84.4 Å². The highest BCUT2D eigenvalue weighted by Gasteiger charge is 2.35. The average Bonchev–Trinajstić information content (AvgIpc) is 3.36. The molecule has 0 aliphatic carbocycles. The Morgan fingerprint density at radius 3 is 2.45 bits per heavy atom. The average molecular weight is 606 g/mol. The Kier molecular flexibility index (Phi) is 10.4. The number of carbonyl (C=O) groups excluding carboxylic acids is 1. The third kappa shape index (κ3) is 6.87. The van der Waals surface area contributed by atoms with Gasteiger partial charge in [0.15, 0.2) is 0 Å². The molecule has 0 radical (unpaired) electrons. The fourth-order valence-corrected chi connectivity index (χ4v) is 7.38. The highest BCUT2D eigenvalue weighted by molar-refractivity contribution is 6.05. The maximum Gasteiger partial charge on any atom is 0.254 e. The summed E-state index contributed by atoms with van der Waals surface area (Å²) >= 11 is 0. The van der Waals surface area contributed by atoms with Gasteiger partial charge in [0.05, 0.1) is 23.4 Å². The molecule has 1 aromatic heterocycles. The predicted octanol–water partition coefficient (Wildman–Crippen LogP) is 6.56. The molecule has 0 spiro atoms. The first-order chi connectivity index (χ1) is 21.1. The molecule has 0 unspecified atom stereocenters. The molecule has 5 rings (SSSR count). The first-order valence-electron chi connectivity index (χ1n) is 16.7. The highest BCUT2D eigenvalue weighted by atomic mass is 19.1. The largest absolute Gasteiger partial charge is 0.381 e. The predicted molar refractivity (Wildman–Crippen MR) is 177 cm³/mol. The van der Waals surface area contributed by atoms with Crippen molar-refractivity contribution >= 4 is 16.8 Å². The van der Waals surface area contributed by atoms with E-state index in [-0.39, 0.29) is 11.9 Å². The summed E-state index contributed by atoms with van der Waals surface area (Å²) < 4.78 is 22.0. The Morgan fingerprint density at radius 1 is 1.09 bits per heavy atom. The van der Waals surface area contributed by atoms with E-state index in [9.17, 15) is 9.18 Å². The molecule has 3 aromatic rings. The number of rotatable bonds is 12. The molecule has 0 bridgehead atoms. The zero-order valence-electron chi connectivity index (χ0n) is 27.9. The number of carbonyl (C=O) groups is 1. The summed E-state index contributed by atoms with van der Waals surface area (Å²) in [6.07, 6.45) is 7.02. The summed E-state index contributed by atoms with van der Waals surface area (Å²) in [6, 6.07) is 9.71. The van der Waals surface area contributed by atoms with Gasteiger partial charge in [-0.1, -0.05) is 19.9 Å². The number of benzene rings is 2. The van der Waals surface area contributed by atoms with E-state index >= 15 is 0 Å². The van der Waals surface area contributed by atoms with Crippen LogP contribution in [0.5, 0.6) is 0 Å². The number of methoxy groups -OCH3 is 1. The minimum absolute atomic E-state index is 0.0195. The van der Waals surface area contributed by atoms with Gasteiger partial charge in [0.2, 0.25) is 0 Å². The maximum absolute atomic E-state index is 14.6. The number of aromatic nitrogens is 2. The van der Waals surface area contributed by atoms with Crippen molar-refractivity contribution in [3.05, 3.63) is 53.5 Å². The van der Waals surface area contributed by atoms with E-state index in [2.05, 4.69) is 40.9 Å². The lowest BCUT2D eigenvalue weighted by Gasteiger charge is -2.46. The van der Waals surface area contributed by atoms with Crippen LogP contribution in [0.15, 0.2) is 36.5 Å². The molecule has 0 N–H and O–H groups in total. The number of likely N-dealkylation sites (tertiary alicyclic amines) is 2. The van der Waals surface area contributed by atoms with Crippen LogP contribution in [0.3, 0.4) is 0 Å². The molecular formula is C36H52FN5O2. The van der Waals surface area contributed by atoms with Gasteiger partial charge in [0, 0.05) is 70.3 Å². The standard InChI is InChI=1S/C36H52FN5O2/c1-8-42(25(4)5)36(43)32-20-28(37)11-12-30(32)31-18-26(19-35-33(31)21-38-39(35)6)27-22-41(23-27)34(24(2)3)10-9-15-40-16-13-29(44-7)14-17-40/h11-12,18-21,24-25,27,29,34H,8-10,13-17,22-23H2,1-7H3/t34-/m1/s1. The van der Waals surface area contributed by atoms with E-state index in [0.717, 1.165) is 61.1 Å². The van der Waals surface area contributed by atoms with Crippen LogP contribution in [0.25, 0.3) is 22.0 Å². The molecule has 1 atom stereocenters. The molecule has 44 heavy (non-hydrogen) atoms. The number of amides is 1. The van der Waals surface area contributed by atoms with Gasteiger partial charge in [0.25, 0.3) is 5.91 Å². The number of hydrogen-bond acceptors (Lipinski definition) is 5. The number of aryl methyl sites for hydroxylation is 1. The van der Waals surface area contributed by atoms with Crippen molar-refractivity contribution in [1.29, 1.82) is 0 Å². The molecule has 2 saturated heterocycles. The Balaban J connectivity index is 1.35. The molecule has 240 valence electrons. The summed E-state index contributed by atoms with van der Waals surface area (Å²) in [4.78, 5) is 20.8. The van der Waals surface area contributed by atoms with E-state index in [1.807, 2.05) is 45.8 Å². The van der Waals surface area contributed by atoms with Crippen molar-refractivity contribution in [2.24, 2.45) is 13.0 Å².